The van der Waals surface area contributed by atoms with E-state index in [1.54, 1.807) is 0 Å². The van der Waals surface area contributed by atoms with Gasteiger partial charge in [0.2, 0.25) is 0 Å². The molecule has 0 aromatic heterocycles. The van der Waals surface area contributed by atoms with Gasteiger partial charge in [-0.1, -0.05) is 31.4 Å². The maximum atomic E-state index is 12.4. The van der Waals surface area contributed by atoms with Crippen LogP contribution in [0.5, 0.6) is 0 Å². The van der Waals surface area contributed by atoms with E-state index in [0.717, 1.165) is 34.0 Å². The van der Waals surface area contributed by atoms with E-state index in [4.69, 9.17) is 11.6 Å². The molecule has 0 spiro atoms. The van der Waals surface area contributed by atoms with Crippen LogP contribution in [0.25, 0.3) is 0 Å². The van der Waals surface area contributed by atoms with Crippen LogP contribution in [0.15, 0.2) is 18.2 Å². The monoisotopic (exact) mass is 391 g/mol. The fraction of sp³-hybridized carbons (Fsp3) is 0.533. The molecule has 2 atom stereocenters. The van der Waals surface area contributed by atoms with Crippen molar-refractivity contribution >= 4 is 40.1 Å². The molecule has 1 aromatic carbocycles. The largest absolute Gasteiger partial charge is 0.348 e. The first-order valence-corrected chi connectivity index (χ1v) is 8.31. The minimum atomic E-state index is 0.00523. The van der Waals surface area contributed by atoms with Gasteiger partial charge in [0.05, 0.1) is 10.9 Å². The molecule has 0 aliphatic heterocycles. The molecule has 19 heavy (non-hydrogen) atoms. The second-order valence-electron chi connectivity index (χ2n) is 5.17. The zero-order valence-corrected chi connectivity index (χ0v) is 14.0. The maximum Gasteiger partial charge on any atom is 0.252 e. The number of carbonyl (C=O) groups is 1. The Kier molecular flexibility index (Phi) is 5.51. The Morgan fingerprint density at radius 1 is 1.32 bits per heavy atom. The maximum absolute atomic E-state index is 12.4. The third-order valence-corrected chi connectivity index (χ3v) is 5.64. The van der Waals surface area contributed by atoms with E-state index in [-0.39, 0.29) is 17.3 Å². The number of aryl methyl sites for hydroxylation is 1. The van der Waals surface area contributed by atoms with Crippen molar-refractivity contribution in [3.63, 3.8) is 0 Å². The van der Waals surface area contributed by atoms with Gasteiger partial charge in [0.25, 0.3) is 5.91 Å². The van der Waals surface area contributed by atoms with E-state index in [9.17, 15) is 4.79 Å². The van der Waals surface area contributed by atoms with E-state index in [0.29, 0.717) is 0 Å². The highest BCUT2D eigenvalue weighted by molar-refractivity contribution is 14.1. The van der Waals surface area contributed by atoms with Crippen LogP contribution < -0.4 is 5.32 Å². The Bertz CT molecular complexity index is 463. The molecule has 104 valence electrons. The quantitative estimate of drug-likeness (QED) is 0.455. The van der Waals surface area contributed by atoms with Gasteiger partial charge in [-0.15, -0.1) is 11.6 Å². The van der Waals surface area contributed by atoms with Crippen LogP contribution in [-0.2, 0) is 0 Å². The first-order chi connectivity index (χ1) is 9.09. The molecule has 0 radical (unpaired) electrons. The van der Waals surface area contributed by atoms with Crippen molar-refractivity contribution in [3.8, 4) is 0 Å². The standard InChI is InChI=1S/C15H19ClINO/c1-10-6-5-7-11(14(10)17)15(19)18-13-9-4-2-3-8-12(13)16/h5-7,12-13H,2-4,8-9H2,1H3,(H,18,19). The average molecular weight is 392 g/mol. The summed E-state index contributed by atoms with van der Waals surface area (Å²) in [6.45, 7) is 2.02. The van der Waals surface area contributed by atoms with Gasteiger partial charge in [-0.25, -0.2) is 0 Å². The summed E-state index contributed by atoms with van der Waals surface area (Å²) in [5.74, 6) is 0.00523. The highest BCUT2D eigenvalue weighted by Gasteiger charge is 2.24. The summed E-state index contributed by atoms with van der Waals surface area (Å²) >= 11 is 8.61. The smallest absolute Gasteiger partial charge is 0.252 e. The second-order valence-corrected chi connectivity index (χ2v) is 6.81. The van der Waals surface area contributed by atoms with Gasteiger partial charge in [-0.3, -0.25) is 4.79 Å². The number of benzene rings is 1. The van der Waals surface area contributed by atoms with Crippen molar-refractivity contribution in [3.05, 3.63) is 32.9 Å². The SMILES string of the molecule is Cc1cccc(C(=O)NC2CCCCCC2Cl)c1I. The Hall–Kier alpha value is -0.290. The minimum Gasteiger partial charge on any atom is -0.348 e. The molecule has 1 N–H and O–H groups in total. The van der Waals surface area contributed by atoms with Crippen molar-refractivity contribution in [2.45, 2.75) is 50.4 Å². The van der Waals surface area contributed by atoms with Crippen LogP contribution in [0.3, 0.4) is 0 Å². The number of rotatable bonds is 2. The zero-order chi connectivity index (χ0) is 13.8. The van der Waals surface area contributed by atoms with Gasteiger partial charge < -0.3 is 5.32 Å². The number of alkyl halides is 1. The second kappa shape index (κ2) is 6.93. The van der Waals surface area contributed by atoms with E-state index in [2.05, 4.69) is 27.9 Å². The summed E-state index contributed by atoms with van der Waals surface area (Å²) in [6, 6.07) is 5.93. The lowest BCUT2D eigenvalue weighted by molar-refractivity contribution is 0.0933. The number of hydrogen-bond acceptors (Lipinski definition) is 1. The Morgan fingerprint density at radius 3 is 2.84 bits per heavy atom. The molecule has 1 saturated carbocycles. The Balaban J connectivity index is 2.09. The third kappa shape index (κ3) is 3.85. The molecular weight excluding hydrogens is 373 g/mol. The lowest BCUT2D eigenvalue weighted by Crippen LogP contribution is -2.40. The summed E-state index contributed by atoms with van der Waals surface area (Å²) in [5, 5.41) is 3.18. The van der Waals surface area contributed by atoms with E-state index in [1.807, 2.05) is 25.1 Å². The molecule has 0 saturated heterocycles. The molecule has 1 aliphatic carbocycles. The van der Waals surface area contributed by atoms with Crippen molar-refractivity contribution in [1.29, 1.82) is 0 Å². The lowest BCUT2D eigenvalue weighted by atomic mass is 10.1. The fourth-order valence-corrected chi connectivity index (χ4v) is 3.44. The molecule has 4 heteroatoms. The molecule has 1 fully saturated rings. The van der Waals surface area contributed by atoms with Crippen LogP contribution in [0.1, 0.15) is 48.0 Å². The van der Waals surface area contributed by atoms with Gasteiger partial charge in [-0.2, -0.15) is 0 Å². The summed E-state index contributed by atoms with van der Waals surface area (Å²) in [6.07, 6.45) is 5.53. The zero-order valence-electron chi connectivity index (χ0n) is 11.1. The molecule has 2 nitrogen and oxygen atoms in total. The van der Waals surface area contributed by atoms with Gasteiger partial charge >= 0.3 is 0 Å². The first kappa shape index (κ1) is 15.1. The fourth-order valence-electron chi connectivity index (χ4n) is 2.49. The van der Waals surface area contributed by atoms with Crippen LogP contribution in [0.4, 0.5) is 0 Å². The van der Waals surface area contributed by atoms with Gasteiger partial charge in [0.15, 0.2) is 0 Å². The van der Waals surface area contributed by atoms with E-state index >= 15 is 0 Å². The minimum absolute atomic E-state index is 0.00523. The van der Waals surface area contributed by atoms with Gasteiger partial charge in [0, 0.05) is 9.61 Å². The average Bonchev–Trinajstić information content (AvgIpc) is 2.58. The predicted octanol–water partition coefficient (Wildman–Crippen LogP) is 4.27. The molecule has 2 rings (SSSR count). The number of halogens is 2. The molecule has 0 heterocycles. The summed E-state index contributed by atoms with van der Waals surface area (Å²) in [5.41, 5.74) is 1.89. The number of hydrogen-bond donors (Lipinski definition) is 1. The van der Waals surface area contributed by atoms with Crippen LogP contribution in [0, 0.1) is 10.5 Å². The van der Waals surface area contributed by atoms with Crippen molar-refractivity contribution < 1.29 is 4.79 Å². The summed E-state index contributed by atoms with van der Waals surface area (Å²) in [7, 11) is 0. The Labute approximate surface area is 133 Å². The molecule has 1 aliphatic rings. The topological polar surface area (TPSA) is 29.1 Å². The van der Waals surface area contributed by atoms with Gasteiger partial charge in [0.1, 0.15) is 0 Å². The summed E-state index contributed by atoms with van der Waals surface area (Å²) in [4.78, 5) is 12.4. The van der Waals surface area contributed by atoms with Crippen molar-refractivity contribution in [2.75, 3.05) is 0 Å². The van der Waals surface area contributed by atoms with Crippen molar-refractivity contribution in [1.82, 2.24) is 5.32 Å². The van der Waals surface area contributed by atoms with Crippen LogP contribution >= 0.6 is 34.2 Å². The number of amides is 1. The third-order valence-electron chi connectivity index (χ3n) is 3.68. The van der Waals surface area contributed by atoms with E-state index < -0.39 is 0 Å². The normalized spacial score (nSPS) is 23.7. The number of carbonyl (C=O) groups excluding carboxylic acids is 1. The summed E-state index contributed by atoms with van der Waals surface area (Å²) < 4.78 is 1.03. The Morgan fingerprint density at radius 2 is 2.05 bits per heavy atom. The highest BCUT2D eigenvalue weighted by Crippen LogP contribution is 2.23. The first-order valence-electron chi connectivity index (χ1n) is 6.79. The van der Waals surface area contributed by atoms with Crippen molar-refractivity contribution in [2.24, 2.45) is 0 Å². The predicted molar refractivity (Wildman–Crippen MR) is 87.9 cm³/mol. The van der Waals surface area contributed by atoms with Crippen LogP contribution in [-0.4, -0.2) is 17.3 Å². The molecular formula is C15H19ClINO. The molecule has 1 amide bonds. The molecule has 2 unspecified atom stereocenters. The van der Waals surface area contributed by atoms with Crippen LogP contribution in [0.2, 0.25) is 0 Å². The number of nitrogens with one attached hydrogen (secondary N) is 1. The van der Waals surface area contributed by atoms with Gasteiger partial charge in [-0.05, 0) is 54.0 Å². The molecule has 1 aromatic rings. The lowest BCUT2D eigenvalue weighted by Gasteiger charge is -2.21. The highest BCUT2D eigenvalue weighted by atomic mass is 127. The van der Waals surface area contributed by atoms with E-state index in [1.165, 1.54) is 12.8 Å². The molecule has 0 bridgehead atoms.